The monoisotopic (exact) mass is 255 g/mol. The second-order valence-corrected chi connectivity index (χ2v) is 4.82. The molecule has 0 bridgehead atoms. The average molecular weight is 256 g/mol. The molecule has 1 aromatic rings. The van der Waals surface area contributed by atoms with Crippen LogP contribution in [0.5, 0.6) is 0 Å². The van der Waals surface area contributed by atoms with Crippen LogP contribution < -0.4 is 5.73 Å². The number of aryl methyl sites for hydroxylation is 2. The van der Waals surface area contributed by atoms with Crippen molar-refractivity contribution in [2.75, 3.05) is 13.2 Å². The van der Waals surface area contributed by atoms with Crippen molar-refractivity contribution in [3.05, 3.63) is 34.9 Å². The van der Waals surface area contributed by atoms with Gasteiger partial charge in [-0.05, 0) is 49.3 Å². The molecule has 96 valence electrons. The van der Waals surface area contributed by atoms with E-state index >= 15 is 0 Å². The molecule has 2 nitrogen and oxygen atoms in total. The maximum Gasteiger partial charge on any atom is 0.0469 e. The normalized spacial score (nSPS) is 18.5. The highest BCUT2D eigenvalue weighted by atomic mass is 35.5. The Balaban J connectivity index is 0.00000144. The molecule has 0 amide bonds. The van der Waals surface area contributed by atoms with E-state index in [-0.39, 0.29) is 18.4 Å². The van der Waals surface area contributed by atoms with Gasteiger partial charge in [-0.25, -0.2) is 0 Å². The molecule has 1 aliphatic heterocycles. The van der Waals surface area contributed by atoms with Crippen LogP contribution in [0.1, 0.15) is 35.6 Å². The summed E-state index contributed by atoms with van der Waals surface area (Å²) in [7, 11) is 0. The summed E-state index contributed by atoms with van der Waals surface area (Å²) in [5.41, 5.74) is 10.3. The van der Waals surface area contributed by atoms with Crippen molar-refractivity contribution in [3.63, 3.8) is 0 Å². The van der Waals surface area contributed by atoms with Gasteiger partial charge in [0, 0.05) is 19.3 Å². The molecule has 0 unspecified atom stereocenters. The fourth-order valence-electron chi connectivity index (χ4n) is 2.32. The van der Waals surface area contributed by atoms with E-state index < -0.39 is 0 Å². The van der Waals surface area contributed by atoms with E-state index in [0.29, 0.717) is 5.92 Å². The SMILES string of the molecule is Cc1ccc([C@H](N)C2CCOCC2)cc1C.Cl. The third-order valence-electron chi connectivity index (χ3n) is 3.69. The Labute approximate surface area is 110 Å². The van der Waals surface area contributed by atoms with Gasteiger partial charge in [-0.2, -0.15) is 0 Å². The zero-order chi connectivity index (χ0) is 11.5. The summed E-state index contributed by atoms with van der Waals surface area (Å²) >= 11 is 0. The van der Waals surface area contributed by atoms with E-state index in [1.165, 1.54) is 16.7 Å². The second-order valence-electron chi connectivity index (χ2n) is 4.82. The van der Waals surface area contributed by atoms with Gasteiger partial charge >= 0.3 is 0 Å². The minimum Gasteiger partial charge on any atom is -0.381 e. The molecular formula is C14H22ClNO. The summed E-state index contributed by atoms with van der Waals surface area (Å²) in [6, 6.07) is 6.74. The Kier molecular flexibility index (Phi) is 5.44. The van der Waals surface area contributed by atoms with E-state index in [9.17, 15) is 0 Å². The van der Waals surface area contributed by atoms with Gasteiger partial charge in [0.15, 0.2) is 0 Å². The van der Waals surface area contributed by atoms with E-state index in [1.54, 1.807) is 0 Å². The molecule has 1 fully saturated rings. The smallest absolute Gasteiger partial charge is 0.0469 e. The van der Waals surface area contributed by atoms with Gasteiger partial charge in [0.25, 0.3) is 0 Å². The van der Waals surface area contributed by atoms with E-state index in [0.717, 1.165) is 26.1 Å². The molecule has 1 aliphatic rings. The first-order valence-corrected chi connectivity index (χ1v) is 6.09. The van der Waals surface area contributed by atoms with Crippen molar-refractivity contribution in [2.45, 2.75) is 32.7 Å². The summed E-state index contributed by atoms with van der Waals surface area (Å²) in [6.07, 6.45) is 2.18. The lowest BCUT2D eigenvalue weighted by atomic mass is 9.87. The number of ether oxygens (including phenoxy) is 1. The van der Waals surface area contributed by atoms with E-state index in [2.05, 4.69) is 32.0 Å². The van der Waals surface area contributed by atoms with E-state index in [4.69, 9.17) is 10.5 Å². The first-order valence-electron chi connectivity index (χ1n) is 6.09. The molecule has 0 saturated carbocycles. The minimum atomic E-state index is 0. The number of halogens is 1. The summed E-state index contributed by atoms with van der Waals surface area (Å²) in [5, 5.41) is 0. The zero-order valence-electron chi connectivity index (χ0n) is 10.6. The number of nitrogens with two attached hydrogens (primary N) is 1. The van der Waals surface area contributed by atoms with Crippen molar-refractivity contribution in [1.29, 1.82) is 0 Å². The maximum atomic E-state index is 6.33. The second kappa shape index (κ2) is 6.39. The van der Waals surface area contributed by atoms with Crippen LogP contribution in [0.3, 0.4) is 0 Å². The van der Waals surface area contributed by atoms with Crippen molar-refractivity contribution >= 4 is 12.4 Å². The molecule has 1 heterocycles. The van der Waals surface area contributed by atoms with Crippen LogP contribution in [0.15, 0.2) is 18.2 Å². The lowest BCUT2D eigenvalue weighted by molar-refractivity contribution is 0.0584. The van der Waals surface area contributed by atoms with Crippen molar-refractivity contribution < 1.29 is 4.74 Å². The number of rotatable bonds is 2. The van der Waals surface area contributed by atoms with Gasteiger partial charge in [-0.1, -0.05) is 18.2 Å². The largest absolute Gasteiger partial charge is 0.381 e. The summed E-state index contributed by atoms with van der Waals surface area (Å²) < 4.78 is 5.37. The zero-order valence-corrected chi connectivity index (χ0v) is 11.4. The lowest BCUT2D eigenvalue weighted by Crippen LogP contribution is -2.27. The van der Waals surface area contributed by atoms with Crippen LogP contribution >= 0.6 is 12.4 Å². The molecule has 3 heteroatoms. The molecule has 1 atom stereocenters. The fourth-order valence-corrected chi connectivity index (χ4v) is 2.32. The van der Waals surface area contributed by atoms with Crippen LogP contribution in [-0.4, -0.2) is 13.2 Å². The topological polar surface area (TPSA) is 35.2 Å². The molecule has 0 aromatic heterocycles. The Bertz CT molecular complexity index is 361. The van der Waals surface area contributed by atoms with Gasteiger partial charge in [0.05, 0.1) is 0 Å². The first kappa shape index (κ1) is 14.5. The summed E-state index contributed by atoms with van der Waals surface area (Å²) in [4.78, 5) is 0. The van der Waals surface area contributed by atoms with Gasteiger partial charge in [0.1, 0.15) is 0 Å². The molecule has 0 spiro atoms. The van der Waals surface area contributed by atoms with Crippen LogP contribution in [0, 0.1) is 19.8 Å². The Morgan fingerprint density at radius 3 is 2.41 bits per heavy atom. The number of benzene rings is 1. The third kappa shape index (κ3) is 3.44. The number of hydrogen-bond acceptors (Lipinski definition) is 2. The Hall–Kier alpha value is -0.570. The van der Waals surface area contributed by atoms with Crippen LogP contribution in [0.25, 0.3) is 0 Å². The predicted molar refractivity (Wildman–Crippen MR) is 73.6 cm³/mol. The fraction of sp³-hybridized carbons (Fsp3) is 0.571. The van der Waals surface area contributed by atoms with Crippen molar-refractivity contribution in [1.82, 2.24) is 0 Å². The highest BCUT2D eigenvalue weighted by molar-refractivity contribution is 5.85. The molecule has 0 aliphatic carbocycles. The molecule has 1 aromatic carbocycles. The predicted octanol–water partition coefficient (Wildman–Crippen LogP) is 3.15. The molecule has 1 saturated heterocycles. The van der Waals surface area contributed by atoms with Crippen molar-refractivity contribution in [2.24, 2.45) is 11.7 Å². The maximum absolute atomic E-state index is 6.33. The Morgan fingerprint density at radius 1 is 1.18 bits per heavy atom. The molecule has 17 heavy (non-hydrogen) atoms. The lowest BCUT2D eigenvalue weighted by Gasteiger charge is -2.28. The highest BCUT2D eigenvalue weighted by Crippen LogP contribution is 2.28. The summed E-state index contributed by atoms with van der Waals surface area (Å²) in [6.45, 7) is 6.01. The average Bonchev–Trinajstić information content (AvgIpc) is 2.33. The van der Waals surface area contributed by atoms with E-state index in [1.807, 2.05) is 0 Å². The molecule has 2 rings (SSSR count). The number of hydrogen-bond donors (Lipinski definition) is 1. The Morgan fingerprint density at radius 2 is 1.82 bits per heavy atom. The minimum absolute atomic E-state index is 0. The van der Waals surface area contributed by atoms with Gasteiger partial charge in [-0.3, -0.25) is 0 Å². The van der Waals surface area contributed by atoms with Crippen molar-refractivity contribution in [3.8, 4) is 0 Å². The van der Waals surface area contributed by atoms with Gasteiger partial charge < -0.3 is 10.5 Å². The highest BCUT2D eigenvalue weighted by Gasteiger charge is 2.22. The van der Waals surface area contributed by atoms with Crippen LogP contribution in [0.2, 0.25) is 0 Å². The van der Waals surface area contributed by atoms with Gasteiger partial charge in [-0.15, -0.1) is 12.4 Å². The molecular weight excluding hydrogens is 234 g/mol. The molecule has 2 N–H and O–H groups in total. The third-order valence-corrected chi connectivity index (χ3v) is 3.69. The first-order chi connectivity index (χ1) is 7.68. The van der Waals surface area contributed by atoms with Crippen LogP contribution in [-0.2, 0) is 4.74 Å². The summed E-state index contributed by atoms with van der Waals surface area (Å²) in [5.74, 6) is 0.579. The van der Waals surface area contributed by atoms with Crippen LogP contribution in [0.4, 0.5) is 0 Å². The van der Waals surface area contributed by atoms with Gasteiger partial charge in [0.2, 0.25) is 0 Å². The molecule has 0 radical (unpaired) electrons. The quantitative estimate of drug-likeness (QED) is 0.881. The standard InChI is InChI=1S/C14H21NO.ClH/c1-10-3-4-13(9-11(10)2)14(15)12-5-7-16-8-6-12;/h3-4,9,12,14H,5-8,15H2,1-2H3;1H/t14-;/m1./s1.